The number of hydrogen-bond acceptors (Lipinski definition) is 7. The smallest absolute Gasteiger partial charge is 0.277 e. The third kappa shape index (κ3) is 4.19. The molecule has 28 heavy (non-hydrogen) atoms. The van der Waals surface area contributed by atoms with Crippen LogP contribution in [0.1, 0.15) is 11.1 Å². The second-order valence-electron chi connectivity index (χ2n) is 6.16. The third-order valence-corrected chi connectivity index (χ3v) is 5.89. The summed E-state index contributed by atoms with van der Waals surface area (Å²) in [6.45, 7) is 4.06. The lowest BCUT2D eigenvalue weighted by Gasteiger charge is -1.99. The number of anilines is 1. The molecule has 9 heteroatoms. The number of nitrogens with one attached hydrogen (secondary N) is 1. The van der Waals surface area contributed by atoms with Crippen LogP contribution in [0.4, 0.5) is 5.13 Å². The van der Waals surface area contributed by atoms with Gasteiger partial charge in [0, 0.05) is 10.6 Å². The first-order valence-corrected chi connectivity index (χ1v) is 10.6. The highest BCUT2D eigenvalue weighted by Gasteiger charge is 2.13. The zero-order valence-electron chi connectivity index (χ0n) is 15.0. The van der Waals surface area contributed by atoms with Crippen LogP contribution >= 0.6 is 34.7 Å². The zero-order chi connectivity index (χ0) is 19.7. The van der Waals surface area contributed by atoms with E-state index in [-0.39, 0.29) is 11.7 Å². The Bertz CT molecular complexity index is 1150. The predicted octanol–water partition coefficient (Wildman–Crippen LogP) is 5.35. The summed E-state index contributed by atoms with van der Waals surface area (Å²) in [5.74, 6) is 0.359. The number of aryl methyl sites for hydroxylation is 2. The SMILES string of the molecule is Cc1cc(C)c2nc(NC(=O)CSc3nnc(-c4ccc(Cl)cc4)o3)sc2c1. The number of nitrogens with zero attached hydrogens (tertiary/aromatic N) is 3. The topological polar surface area (TPSA) is 80.9 Å². The average molecular weight is 431 g/mol. The van der Waals surface area contributed by atoms with Gasteiger partial charge in [0.2, 0.25) is 11.8 Å². The van der Waals surface area contributed by atoms with E-state index in [9.17, 15) is 4.79 Å². The second kappa shape index (κ2) is 7.90. The Morgan fingerprint density at radius 1 is 1.21 bits per heavy atom. The molecule has 2 heterocycles. The molecule has 0 aliphatic heterocycles. The number of halogens is 1. The summed E-state index contributed by atoms with van der Waals surface area (Å²) in [5, 5.41) is 12.4. The first-order valence-electron chi connectivity index (χ1n) is 8.38. The molecule has 4 rings (SSSR count). The lowest BCUT2D eigenvalue weighted by atomic mass is 10.1. The van der Waals surface area contributed by atoms with Crippen molar-refractivity contribution < 1.29 is 9.21 Å². The standard InChI is InChI=1S/C19H15ClN4O2S2/c1-10-7-11(2)16-14(8-10)28-18(22-16)21-15(25)9-27-19-24-23-17(26-19)12-3-5-13(20)6-4-12/h3-8H,9H2,1-2H3,(H,21,22,25). The van der Waals surface area contributed by atoms with Crippen molar-refractivity contribution in [3.8, 4) is 11.5 Å². The fraction of sp³-hybridized carbons (Fsp3) is 0.158. The number of benzene rings is 2. The van der Waals surface area contributed by atoms with Gasteiger partial charge in [-0.25, -0.2) is 4.98 Å². The first-order chi connectivity index (χ1) is 13.5. The molecule has 1 N–H and O–H groups in total. The maximum Gasteiger partial charge on any atom is 0.277 e. The minimum atomic E-state index is -0.176. The van der Waals surface area contributed by atoms with Crippen molar-refractivity contribution in [1.82, 2.24) is 15.2 Å². The maximum atomic E-state index is 12.3. The molecule has 0 aliphatic rings. The second-order valence-corrected chi connectivity index (χ2v) is 8.56. The number of carbonyl (C=O) groups excluding carboxylic acids is 1. The molecule has 0 aliphatic carbocycles. The van der Waals surface area contributed by atoms with Gasteiger partial charge < -0.3 is 9.73 Å². The number of rotatable bonds is 5. The number of aromatic nitrogens is 3. The van der Waals surface area contributed by atoms with Crippen LogP contribution in [0.5, 0.6) is 0 Å². The number of amides is 1. The highest BCUT2D eigenvalue weighted by Crippen LogP contribution is 2.30. The molecule has 2 aromatic carbocycles. The van der Waals surface area contributed by atoms with Gasteiger partial charge in [0.25, 0.3) is 5.22 Å². The summed E-state index contributed by atoms with van der Waals surface area (Å²) >= 11 is 8.52. The minimum absolute atomic E-state index is 0.149. The number of carbonyl (C=O) groups is 1. The molecule has 0 atom stereocenters. The number of thiazole rings is 1. The summed E-state index contributed by atoms with van der Waals surface area (Å²) in [6, 6.07) is 11.3. The van der Waals surface area contributed by atoms with Crippen molar-refractivity contribution >= 4 is 56.0 Å². The normalized spacial score (nSPS) is 11.1. The molecule has 0 radical (unpaired) electrons. The Morgan fingerprint density at radius 3 is 2.79 bits per heavy atom. The highest BCUT2D eigenvalue weighted by atomic mass is 35.5. The summed E-state index contributed by atoms with van der Waals surface area (Å²) < 4.78 is 6.65. The monoisotopic (exact) mass is 430 g/mol. The lowest BCUT2D eigenvalue weighted by Crippen LogP contribution is -2.13. The van der Waals surface area contributed by atoms with E-state index in [0.717, 1.165) is 21.3 Å². The number of thioether (sulfide) groups is 1. The van der Waals surface area contributed by atoms with Gasteiger partial charge in [-0.05, 0) is 55.3 Å². The van der Waals surface area contributed by atoms with Crippen molar-refractivity contribution in [1.29, 1.82) is 0 Å². The summed E-state index contributed by atoms with van der Waals surface area (Å²) in [5.41, 5.74) is 3.97. The average Bonchev–Trinajstić information content (AvgIpc) is 3.27. The van der Waals surface area contributed by atoms with E-state index in [0.29, 0.717) is 21.3 Å². The van der Waals surface area contributed by atoms with E-state index >= 15 is 0 Å². The molecular weight excluding hydrogens is 416 g/mol. The molecule has 0 bridgehead atoms. The summed E-state index contributed by atoms with van der Waals surface area (Å²) in [7, 11) is 0. The van der Waals surface area contributed by atoms with Gasteiger partial charge in [-0.2, -0.15) is 0 Å². The van der Waals surface area contributed by atoms with Crippen LogP contribution in [0, 0.1) is 13.8 Å². The van der Waals surface area contributed by atoms with Crippen LogP contribution < -0.4 is 5.32 Å². The van der Waals surface area contributed by atoms with Gasteiger partial charge >= 0.3 is 0 Å². The molecule has 6 nitrogen and oxygen atoms in total. The Balaban J connectivity index is 1.38. The van der Waals surface area contributed by atoms with Crippen LogP contribution in [0.2, 0.25) is 5.02 Å². The largest absolute Gasteiger partial charge is 0.411 e. The Morgan fingerprint density at radius 2 is 2.00 bits per heavy atom. The first kappa shape index (κ1) is 18.9. The Labute approximate surface area is 174 Å². The van der Waals surface area contributed by atoms with E-state index in [4.69, 9.17) is 16.0 Å². The van der Waals surface area contributed by atoms with Gasteiger partial charge in [0.15, 0.2) is 5.13 Å². The molecule has 0 saturated heterocycles. The molecule has 0 saturated carbocycles. The van der Waals surface area contributed by atoms with Crippen molar-refractivity contribution in [2.24, 2.45) is 0 Å². The Kier molecular flexibility index (Phi) is 5.34. The minimum Gasteiger partial charge on any atom is -0.411 e. The molecule has 0 unspecified atom stereocenters. The molecule has 1 amide bonds. The fourth-order valence-electron chi connectivity index (χ4n) is 2.68. The fourth-order valence-corrected chi connectivity index (χ4v) is 4.43. The number of hydrogen-bond donors (Lipinski definition) is 1. The van der Waals surface area contributed by atoms with Crippen LogP contribution in [0.3, 0.4) is 0 Å². The molecule has 2 aromatic heterocycles. The summed E-state index contributed by atoms with van der Waals surface area (Å²) in [4.78, 5) is 16.8. The zero-order valence-corrected chi connectivity index (χ0v) is 17.4. The molecular formula is C19H15ClN4O2S2. The van der Waals surface area contributed by atoms with Crippen LogP contribution in [0.15, 0.2) is 46.0 Å². The van der Waals surface area contributed by atoms with Gasteiger partial charge in [-0.15, -0.1) is 10.2 Å². The van der Waals surface area contributed by atoms with E-state index in [1.165, 1.54) is 28.7 Å². The van der Waals surface area contributed by atoms with Crippen molar-refractivity contribution in [3.63, 3.8) is 0 Å². The van der Waals surface area contributed by atoms with E-state index in [2.05, 4.69) is 32.6 Å². The van der Waals surface area contributed by atoms with Crippen molar-refractivity contribution in [3.05, 3.63) is 52.5 Å². The van der Waals surface area contributed by atoms with E-state index < -0.39 is 0 Å². The predicted molar refractivity (Wildman–Crippen MR) is 113 cm³/mol. The molecule has 4 aromatic rings. The lowest BCUT2D eigenvalue weighted by molar-refractivity contribution is -0.113. The van der Waals surface area contributed by atoms with Crippen molar-refractivity contribution in [2.45, 2.75) is 19.1 Å². The third-order valence-electron chi connectivity index (χ3n) is 3.90. The summed E-state index contributed by atoms with van der Waals surface area (Å²) in [6.07, 6.45) is 0. The highest BCUT2D eigenvalue weighted by molar-refractivity contribution is 7.99. The van der Waals surface area contributed by atoms with Gasteiger partial charge in [0.1, 0.15) is 0 Å². The molecule has 0 spiro atoms. The Hall–Kier alpha value is -2.42. The molecule has 0 fully saturated rings. The van der Waals surface area contributed by atoms with Crippen LogP contribution in [-0.2, 0) is 4.79 Å². The maximum absolute atomic E-state index is 12.3. The van der Waals surface area contributed by atoms with Gasteiger partial charge in [-0.1, -0.05) is 40.8 Å². The van der Waals surface area contributed by atoms with E-state index in [1.807, 2.05) is 13.8 Å². The molecule has 142 valence electrons. The van der Waals surface area contributed by atoms with Gasteiger partial charge in [0.05, 0.1) is 16.0 Å². The van der Waals surface area contributed by atoms with Crippen LogP contribution in [0.25, 0.3) is 21.7 Å². The quantitative estimate of drug-likeness (QED) is 0.430. The van der Waals surface area contributed by atoms with Crippen molar-refractivity contribution in [2.75, 3.05) is 11.1 Å². The van der Waals surface area contributed by atoms with Crippen LogP contribution in [-0.4, -0.2) is 26.8 Å². The van der Waals surface area contributed by atoms with E-state index in [1.54, 1.807) is 24.3 Å². The van der Waals surface area contributed by atoms with Gasteiger partial charge in [-0.3, -0.25) is 4.79 Å². The number of fused-ring (bicyclic) bond motifs is 1.